The third-order valence-corrected chi connectivity index (χ3v) is 4.39. The number of non-ortho nitro benzene ring substituents is 1. The Balaban J connectivity index is 1.81. The number of nitrogens with zero attached hydrogens (tertiary/aromatic N) is 2. The van der Waals surface area contributed by atoms with Crippen molar-refractivity contribution in [3.05, 3.63) is 64.4 Å². The first-order valence-electron chi connectivity index (χ1n) is 8.25. The van der Waals surface area contributed by atoms with Gasteiger partial charge in [0.15, 0.2) is 0 Å². The maximum absolute atomic E-state index is 12.6. The van der Waals surface area contributed by atoms with E-state index in [2.05, 4.69) is 5.32 Å². The topological polar surface area (TPSA) is 97.8 Å². The number of benzene rings is 2. The number of rotatable bonds is 5. The van der Waals surface area contributed by atoms with Crippen molar-refractivity contribution in [1.82, 2.24) is 4.90 Å². The van der Waals surface area contributed by atoms with Gasteiger partial charge in [0.05, 0.1) is 23.8 Å². The molecule has 140 valence electrons. The number of methoxy groups -OCH3 is 1. The Morgan fingerprint density at radius 2 is 2.00 bits per heavy atom. The van der Waals surface area contributed by atoms with Crippen LogP contribution in [0.3, 0.4) is 0 Å². The van der Waals surface area contributed by atoms with E-state index in [0.717, 1.165) is 11.0 Å². The third kappa shape index (κ3) is 3.69. The van der Waals surface area contributed by atoms with Crippen molar-refractivity contribution in [2.45, 2.75) is 13.0 Å². The SMILES string of the molecule is COc1ccc([N+](=O)[O-])cc1NC(=O)N(C)[C@@H](C)c1cc2ccccc2o1. The van der Waals surface area contributed by atoms with Crippen molar-refractivity contribution in [1.29, 1.82) is 0 Å². The number of urea groups is 1. The summed E-state index contributed by atoms with van der Waals surface area (Å²) in [5.41, 5.74) is 0.827. The van der Waals surface area contributed by atoms with Gasteiger partial charge in [-0.3, -0.25) is 10.1 Å². The highest BCUT2D eigenvalue weighted by Crippen LogP contribution is 2.31. The molecule has 0 radical (unpaired) electrons. The molecule has 0 aliphatic rings. The van der Waals surface area contributed by atoms with Crippen LogP contribution in [0.25, 0.3) is 11.0 Å². The lowest BCUT2D eigenvalue weighted by Gasteiger charge is -2.24. The summed E-state index contributed by atoms with van der Waals surface area (Å²) in [6.45, 7) is 1.84. The molecule has 0 fully saturated rings. The lowest BCUT2D eigenvalue weighted by molar-refractivity contribution is -0.384. The van der Waals surface area contributed by atoms with Gasteiger partial charge >= 0.3 is 6.03 Å². The van der Waals surface area contributed by atoms with Gasteiger partial charge in [0.25, 0.3) is 5.69 Å². The number of carbonyl (C=O) groups excluding carboxylic acids is 1. The number of ether oxygens (including phenoxy) is 1. The highest BCUT2D eigenvalue weighted by molar-refractivity contribution is 5.91. The second-order valence-electron chi connectivity index (χ2n) is 6.05. The lowest BCUT2D eigenvalue weighted by atomic mass is 10.2. The summed E-state index contributed by atoms with van der Waals surface area (Å²) in [5.74, 6) is 0.971. The van der Waals surface area contributed by atoms with E-state index in [1.807, 2.05) is 37.3 Å². The molecule has 0 saturated carbocycles. The van der Waals surface area contributed by atoms with E-state index < -0.39 is 11.0 Å². The molecule has 1 atom stereocenters. The van der Waals surface area contributed by atoms with Gasteiger partial charge in [-0.2, -0.15) is 0 Å². The second-order valence-corrected chi connectivity index (χ2v) is 6.05. The monoisotopic (exact) mass is 369 g/mol. The molecule has 0 spiro atoms. The largest absolute Gasteiger partial charge is 0.495 e. The fourth-order valence-corrected chi connectivity index (χ4v) is 2.69. The zero-order valence-electron chi connectivity index (χ0n) is 15.1. The number of nitrogens with one attached hydrogen (secondary N) is 1. The maximum Gasteiger partial charge on any atom is 0.322 e. The predicted molar refractivity (Wildman–Crippen MR) is 101 cm³/mol. The number of carbonyl (C=O) groups is 1. The lowest BCUT2D eigenvalue weighted by Crippen LogP contribution is -2.33. The smallest absolute Gasteiger partial charge is 0.322 e. The number of fused-ring (bicyclic) bond motifs is 1. The van der Waals surface area contributed by atoms with Crippen LogP contribution in [0.5, 0.6) is 5.75 Å². The quantitative estimate of drug-likeness (QED) is 0.524. The number of hydrogen-bond donors (Lipinski definition) is 1. The van der Waals surface area contributed by atoms with Crippen LogP contribution in [0.2, 0.25) is 0 Å². The van der Waals surface area contributed by atoms with E-state index >= 15 is 0 Å². The van der Waals surface area contributed by atoms with Crippen molar-refractivity contribution in [3.8, 4) is 5.75 Å². The number of hydrogen-bond acceptors (Lipinski definition) is 5. The zero-order valence-corrected chi connectivity index (χ0v) is 15.1. The number of para-hydroxylation sites is 1. The summed E-state index contributed by atoms with van der Waals surface area (Å²) in [6, 6.07) is 12.7. The van der Waals surface area contributed by atoms with Gasteiger partial charge in [-0.1, -0.05) is 18.2 Å². The number of anilines is 1. The van der Waals surface area contributed by atoms with Crippen LogP contribution in [0.4, 0.5) is 16.2 Å². The minimum Gasteiger partial charge on any atom is -0.495 e. The molecular formula is C19H19N3O5. The predicted octanol–water partition coefficient (Wildman–Crippen LogP) is 4.57. The summed E-state index contributed by atoms with van der Waals surface area (Å²) < 4.78 is 11.0. The minimum absolute atomic E-state index is 0.140. The average molecular weight is 369 g/mol. The molecule has 8 heteroatoms. The standard InChI is InChI=1S/C19H19N3O5/c1-12(18-10-13-6-4-5-7-16(13)27-18)21(2)19(23)20-15-11-14(22(24)25)8-9-17(15)26-3/h4-12H,1-3H3,(H,20,23)/t12-/m0/s1. The number of amides is 2. The van der Waals surface area contributed by atoms with Crippen LogP contribution in [0.1, 0.15) is 18.7 Å². The van der Waals surface area contributed by atoms with Crippen LogP contribution >= 0.6 is 0 Å². The summed E-state index contributed by atoms with van der Waals surface area (Å²) in [7, 11) is 3.05. The first-order chi connectivity index (χ1) is 12.9. The van der Waals surface area contributed by atoms with Gasteiger partial charge in [-0.05, 0) is 25.1 Å². The Kier molecular flexibility index (Phi) is 4.98. The molecule has 8 nitrogen and oxygen atoms in total. The number of nitro groups is 1. The fourth-order valence-electron chi connectivity index (χ4n) is 2.69. The highest BCUT2D eigenvalue weighted by Gasteiger charge is 2.22. The summed E-state index contributed by atoms with van der Waals surface area (Å²) in [6.07, 6.45) is 0. The normalized spacial score (nSPS) is 11.8. The first-order valence-corrected chi connectivity index (χ1v) is 8.25. The van der Waals surface area contributed by atoms with Crippen molar-refractivity contribution < 1.29 is 18.9 Å². The van der Waals surface area contributed by atoms with Crippen LogP contribution < -0.4 is 10.1 Å². The van der Waals surface area contributed by atoms with Gasteiger partial charge in [-0.25, -0.2) is 4.79 Å². The van der Waals surface area contributed by atoms with Gasteiger partial charge in [0.2, 0.25) is 0 Å². The molecule has 0 unspecified atom stereocenters. The maximum atomic E-state index is 12.6. The van der Waals surface area contributed by atoms with Crippen LogP contribution in [-0.4, -0.2) is 30.0 Å². The van der Waals surface area contributed by atoms with E-state index in [4.69, 9.17) is 9.15 Å². The van der Waals surface area contributed by atoms with Gasteiger partial charge in [0, 0.05) is 24.6 Å². The molecule has 1 N–H and O–H groups in total. The summed E-state index contributed by atoms with van der Waals surface area (Å²) >= 11 is 0. The van der Waals surface area contributed by atoms with Crippen molar-refractivity contribution in [2.75, 3.05) is 19.5 Å². The second kappa shape index (κ2) is 7.36. The van der Waals surface area contributed by atoms with E-state index in [1.54, 1.807) is 7.05 Å². The molecule has 2 amide bonds. The molecular weight excluding hydrogens is 350 g/mol. The Bertz CT molecular complexity index is 965. The van der Waals surface area contributed by atoms with Crippen LogP contribution in [0, 0.1) is 10.1 Å². The van der Waals surface area contributed by atoms with Gasteiger partial charge < -0.3 is 19.4 Å². The van der Waals surface area contributed by atoms with Crippen molar-refractivity contribution in [3.63, 3.8) is 0 Å². The van der Waals surface area contributed by atoms with E-state index in [9.17, 15) is 14.9 Å². The van der Waals surface area contributed by atoms with E-state index in [-0.39, 0.29) is 17.4 Å². The Labute approximate surface area is 155 Å². The summed E-state index contributed by atoms with van der Waals surface area (Å²) in [5, 5.41) is 14.6. The molecule has 0 saturated heterocycles. The van der Waals surface area contributed by atoms with Crippen molar-refractivity contribution >= 4 is 28.4 Å². The summed E-state index contributed by atoms with van der Waals surface area (Å²) in [4.78, 5) is 24.5. The third-order valence-electron chi connectivity index (χ3n) is 4.39. The van der Waals surface area contributed by atoms with E-state index in [0.29, 0.717) is 11.5 Å². The molecule has 3 aromatic rings. The molecule has 2 aromatic carbocycles. The molecule has 1 heterocycles. The highest BCUT2D eigenvalue weighted by atomic mass is 16.6. The average Bonchev–Trinajstić information content (AvgIpc) is 3.10. The van der Waals surface area contributed by atoms with Gasteiger partial charge in [-0.15, -0.1) is 0 Å². The fraction of sp³-hybridized carbons (Fsp3) is 0.211. The number of nitro benzene ring substituents is 1. The van der Waals surface area contributed by atoms with Gasteiger partial charge in [0.1, 0.15) is 17.1 Å². The molecule has 0 bridgehead atoms. The van der Waals surface area contributed by atoms with E-state index in [1.165, 1.54) is 30.2 Å². The Hall–Kier alpha value is -3.55. The Morgan fingerprint density at radius 3 is 2.67 bits per heavy atom. The first kappa shape index (κ1) is 18.2. The zero-order chi connectivity index (χ0) is 19.6. The molecule has 27 heavy (non-hydrogen) atoms. The molecule has 0 aliphatic heterocycles. The molecule has 0 aliphatic carbocycles. The molecule has 1 aromatic heterocycles. The minimum atomic E-state index is -0.532. The molecule has 3 rings (SSSR count). The number of furan rings is 1. The van der Waals surface area contributed by atoms with Crippen LogP contribution in [-0.2, 0) is 0 Å². The van der Waals surface area contributed by atoms with Crippen LogP contribution in [0.15, 0.2) is 52.9 Å². The Morgan fingerprint density at radius 1 is 1.26 bits per heavy atom. The van der Waals surface area contributed by atoms with Crippen molar-refractivity contribution in [2.24, 2.45) is 0 Å².